The van der Waals surface area contributed by atoms with Crippen LogP contribution in [0.5, 0.6) is 0 Å². The van der Waals surface area contributed by atoms with Crippen LogP contribution in [0.15, 0.2) is 6.07 Å². The molecule has 1 unspecified atom stereocenters. The SMILES string of the molecule is COCC1(CNc2cc(C)nc(C(C)C)n2)CCCN1. The van der Waals surface area contributed by atoms with Crippen LogP contribution in [-0.2, 0) is 4.74 Å². The molecule has 0 aromatic carbocycles. The first-order valence-electron chi connectivity index (χ1n) is 7.38. The summed E-state index contributed by atoms with van der Waals surface area (Å²) in [6.45, 7) is 8.85. The summed E-state index contributed by atoms with van der Waals surface area (Å²) in [4.78, 5) is 9.07. The van der Waals surface area contributed by atoms with Gasteiger partial charge in [-0.1, -0.05) is 13.8 Å². The maximum atomic E-state index is 5.37. The molecule has 2 rings (SSSR count). The van der Waals surface area contributed by atoms with Gasteiger partial charge in [0.25, 0.3) is 0 Å². The second-order valence-electron chi connectivity index (χ2n) is 6.00. The molecule has 112 valence electrons. The number of nitrogens with zero attached hydrogens (tertiary/aromatic N) is 2. The maximum absolute atomic E-state index is 5.37. The van der Waals surface area contributed by atoms with E-state index in [0.29, 0.717) is 5.92 Å². The highest BCUT2D eigenvalue weighted by Gasteiger charge is 2.33. The lowest BCUT2D eigenvalue weighted by Crippen LogP contribution is -2.49. The van der Waals surface area contributed by atoms with Gasteiger partial charge in [0.15, 0.2) is 0 Å². The standard InChI is InChI=1S/C15H26N4O/c1-11(2)14-18-12(3)8-13(19-14)16-9-15(10-20-4)6-5-7-17-15/h8,11,17H,5-7,9-10H2,1-4H3,(H,16,18,19). The van der Waals surface area contributed by atoms with Gasteiger partial charge < -0.3 is 15.4 Å². The van der Waals surface area contributed by atoms with Crippen LogP contribution in [0.4, 0.5) is 5.82 Å². The number of hydrogen-bond donors (Lipinski definition) is 2. The summed E-state index contributed by atoms with van der Waals surface area (Å²) in [6, 6.07) is 2.00. The fourth-order valence-electron chi connectivity index (χ4n) is 2.67. The second kappa shape index (κ2) is 6.50. The summed E-state index contributed by atoms with van der Waals surface area (Å²) in [6.07, 6.45) is 2.33. The van der Waals surface area contributed by atoms with Gasteiger partial charge in [0.1, 0.15) is 11.6 Å². The Morgan fingerprint density at radius 1 is 1.45 bits per heavy atom. The molecule has 2 N–H and O–H groups in total. The van der Waals surface area contributed by atoms with E-state index in [0.717, 1.165) is 43.5 Å². The Kier molecular flexibility index (Phi) is 4.94. The number of nitrogens with one attached hydrogen (secondary N) is 2. The molecule has 0 bridgehead atoms. The number of methoxy groups -OCH3 is 1. The van der Waals surface area contributed by atoms with Gasteiger partial charge in [-0.15, -0.1) is 0 Å². The normalized spacial score (nSPS) is 22.4. The van der Waals surface area contributed by atoms with E-state index in [1.807, 2.05) is 13.0 Å². The summed E-state index contributed by atoms with van der Waals surface area (Å²) in [5.41, 5.74) is 1.04. The zero-order valence-electron chi connectivity index (χ0n) is 13.0. The predicted molar refractivity (Wildman–Crippen MR) is 81.2 cm³/mol. The molecule has 2 heterocycles. The number of aryl methyl sites for hydroxylation is 1. The van der Waals surface area contributed by atoms with E-state index in [4.69, 9.17) is 4.74 Å². The van der Waals surface area contributed by atoms with Gasteiger partial charge in [-0.3, -0.25) is 0 Å². The molecule has 5 nitrogen and oxygen atoms in total. The van der Waals surface area contributed by atoms with E-state index in [9.17, 15) is 0 Å². The largest absolute Gasteiger partial charge is 0.383 e. The van der Waals surface area contributed by atoms with E-state index >= 15 is 0 Å². The molecule has 1 atom stereocenters. The van der Waals surface area contributed by atoms with Crippen molar-refractivity contribution in [2.24, 2.45) is 0 Å². The van der Waals surface area contributed by atoms with Crippen LogP contribution in [0.3, 0.4) is 0 Å². The van der Waals surface area contributed by atoms with Crippen molar-refractivity contribution in [1.29, 1.82) is 0 Å². The molecule has 1 aromatic heterocycles. The summed E-state index contributed by atoms with van der Waals surface area (Å²) >= 11 is 0. The van der Waals surface area contributed by atoms with Crippen LogP contribution in [0, 0.1) is 6.92 Å². The predicted octanol–water partition coefficient (Wildman–Crippen LogP) is 2.09. The quantitative estimate of drug-likeness (QED) is 0.834. The average molecular weight is 278 g/mol. The lowest BCUT2D eigenvalue weighted by atomic mass is 9.99. The van der Waals surface area contributed by atoms with Crippen molar-refractivity contribution in [3.8, 4) is 0 Å². The molecule has 0 aliphatic carbocycles. The Hall–Kier alpha value is -1.20. The molecular formula is C15H26N4O. The second-order valence-corrected chi connectivity index (χ2v) is 6.00. The summed E-state index contributed by atoms with van der Waals surface area (Å²) in [7, 11) is 1.76. The molecule has 5 heteroatoms. The van der Waals surface area contributed by atoms with Crippen molar-refractivity contribution in [1.82, 2.24) is 15.3 Å². The Morgan fingerprint density at radius 2 is 2.25 bits per heavy atom. The highest BCUT2D eigenvalue weighted by molar-refractivity contribution is 5.37. The number of ether oxygens (including phenoxy) is 1. The van der Waals surface area contributed by atoms with Gasteiger partial charge in [-0.25, -0.2) is 9.97 Å². The third kappa shape index (κ3) is 3.67. The zero-order valence-corrected chi connectivity index (χ0v) is 13.0. The van der Waals surface area contributed by atoms with Gasteiger partial charge in [-0.05, 0) is 26.3 Å². The summed E-state index contributed by atoms with van der Waals surface area (Å²) in [5.74, 6) is 2.14. The summed E-state index contributed by atoms with van der Waals surface area (Å²) in [5, 5.41) is 7.02. The number of hydrogen-bond acceptors (Lipinski definition) is 5. The fraction of sp³-hybridized carbons (Fsp3) is 0.733. The van der Waals surface area contributed by atoms with Crippen LogP contribution in [0.2, 0.25) is 0 Å². The van der Waals surface area contributed by atoms with Crippen LogP contribution >= 0.6 is 0 Å². The molecule has 0 saturated carbocycles. The Morgan fingerprint density at radius 3 is 2.85 bits per heavy atom. The minimum Gasteiger partial charge on any atom is -0.383 e. The van der Waals surface area contributed by atoms with Crippen molar-refractivity contribution in [2.75, 3.05) is 32.1 Å². The van der Waals surface area contributed by atoms with Crippen LogP contribution < -0.4 is 10.6 Å². The van der Waals surface area contributed by atoms with Crippen LogP contribution in [-0.4, -0.2) is 42.3 Å². The number of anilines is 1. The number of aromatic nitrogens is 2. The third-order valence-corrected chi connectivity index (χ3v) is 3.75. The third-order valence-electron chi connectivity index (χ3n) is 3.75. The first kappa shape index (κ1) is 15.2. The van der Waals surface area contributed by atoms with Gasteiger partial charge in [0.05, 0.1) is 12.1 Å². The van der Waals surface area contributed by atoms with E-state index in [1.54, 1.807) is 7.11 Å². The van der Waals surface area contributed by atoms with Gasteiger partial charge >= 0.3 is 0 Å². The van der Waals surface area contributed by atoms with Crippen molar-refractivity contribution in [3.63, 3.8) is 0 Å². The Bertz CT molecular complexity index is 441. The van der Waals surface area contributed by atoms with Crippen molar-refractivity contribution < 1.29 is 4.74 Å². The summed E-state index contributed by atoms with van der Waals surface area (Å²) < 4.78 is 5.37. The highest BCUT2D eigenvalue weighted by Crippen LogP contribution is 2.21. The van der Waals surface area contributed by atoms with E-state index < -0.39 is 0 Å². The molecule has 0 spiro atoms. The van der Waals surface area contributed by atoms with Crippen molar-refractivity contribution in [2.45, 2.75) is 45.1 Å². The smallest absolute Gasteiger partial charge is 0.133 e. The Labute approximate surface area is 121 Å². The number of rotatable bonds is 6. The van der Waals surface area contributed by atoms with Gasteiger partial charge in [0, 0.05) is 31.3 Å². The van der Waals surface area contributed by atoms with E-state index in [2.05, 4.69) is 34.4 Å². The molecule has 1 aliphatic heterocycles. The first-order valence-corrected chi connectivity index (χ1v) is 7.38. The molecule has 1 fully saturated rings. The Balaban J connectivity index is 2.06. The molecule has 1 aliphatic rings. The zero-order chi connectivity index (χ0) is 14.6. The molecule has 20 heavy (non-hydrogen) atoms. The van der Waals surface area contributed by atoms with Gasteiger partial charge in [0.2, 0.25) is 0 Å². The van der Waals surface area contributed by atoms with Crippen molar-refractivity contribution in [3.05, 3.63) is 17.6 Å². The van der Waals surface area contributed by atoms with Crippen LogP contribution in [0.1, 0.15) is 44.1 Å². The molecule has 0 radical (unpaired) electrons. The molecule has 0 amide bonds. The van der Waals surface area contributed by atoms with Gasteiger partial charge in [-0.2, -0.15) is 0 Å². The lowest BCUT2D eigenvalue weighted by Gasteiger charge is -2.29. The average Bonchev–Trinajstić information content (AvgIpc) is 2.85. The lowest BCUT2D eigenvalue weighted by molar-refractivity contribution is 0.127. The van der Waals surface area contributed by atoms with E-state index in [-0.39, 0.29) is 5.54 Å². The minimum atomic E-state index is 0.0333. The first-order chi connectivity index (χ1) is 9.54. The minimum absolute atomic E-state index is 0.0333. The van der Waals surface area contributed by atoms with E-state index in [1.165, 1.54) is 6.42 Å². The molecule has 1 saturated heterocycles. The highest BCUT2D eigenvalue weighted by atomic mass is 16.5. The topological polar surface area (TPSA) is 59.1 Å². The monoisotopic (exact) mass is 278 g/mol. The molecule has 1 aromatic rings. The molecular weight excluding hydrogens is 252 g/mol. The van der Waals surface area contributed by atoms with Crippen molar-refractivity contribution >= 4 is 5.82 Å². The maximum Gasteiger partial charge on any atom is 0.133 e. The van der Waals surface area contributed by atoms with Crippen LogP contribution in [0.25, 0.3) is 0 Å². The fourth-order valence-corrected chi connectivity index (χ4v) is 2.67.